The summed E-state index contributed by atoms with van der Waals surface area (Å²) in [4.78, 5) is 11.4. The first-order valence-corrected chi connectivity index (χ1v) is 7.47. The molecule has 2 rings (SSSR count). The van der Waals surface area contributed by atoms with Crippen LogP contribution >= 0.6 is 15.9 Å². The molecular weight excluding hydrogens is 324 g/mol. The van der Waals surface area contributed by atoms with Gasteiger partial charge in [-0.1, -0.05) is 22.9 Å². The number of hydrogen-bond acceptors (Lipinski definition) is 3. The second-order valence-corrected chi connectivity index (χ2v) is 6.43. The fourth-order valence-corrected chi connectivity index (χ4v) is 3.51. The van der Waals surface area contributed by atoms with Crippen molar-refractivity contribution in [1.29, 1.82) is 0 Å². The molecule has 1 saturated carbocycles. The highest BCUT2D eigenvalue weighted by molar-refractivity contribution is 9.10. The topological polar surface area (TPSA) is 66.8 Å². The largest absolute Gasteiger partial charge is 0.496 e. The van der Waals surface area contributed by atoms with Crippen LogP contribution in [0.1, 0.15) is 31.4 Å². The predicted molar refractivity (Wildman–Crippen MR) is 78.7 cm³/mol. The van der Waals surface area contributed by atoms with E-state index < -0.39 is 18.0 Å². The number of methoxy groups -OCH3 is 1. The normalized spacial score (nSPS) is 27.3. The van der Waals surface area contributed by atoms with Crippen molar-refractivity contribution in [3.63, 3.8) is 0 Å². The van der Waals surface area contributed by atoms with Crippen LogP contribution in [0, 0.1) is 17.8 Å². The molecule has 0 aliphatic heterocycles. The average Bonchev–Trinajstić information content (AvgIpc) is 2.80. The Morgan fingerprint density at radius 1 is 1.45 bits per heavy atom. The molecular formula is C15H19BrO4. The van der Waals surface area contributed by atoms with Gasteiger partial charge in [-0.3, -0.25) is 4.79 Å². The van der Waals surface area contributed by atoms with Crippen molar-refractivity contribution in [2.45, 2.75) is 25.9 Å². The maximum absolute atomic E-state index is 11.4. The van der Waals surface area contributed by atoms with Crippen LogP contribution in [0.25, 0.3) is 0 Å². The van der Waals surface area contributed by atoms with Crippen molar-refractivity contribution in [3.05, 3.63) is 28.2 Å². The first kappa shape index (κ1) is 15.3. The zero-order valence-electron chi connectivity index (χ0n) is 11.5. The molecule has 0 aromatic heterocycles. The van der Waals surface area contributed by atoms with Crippen molar-refractivity contribution in [2.24, 2.45) is 17.8 Å². The molecule has 110 valence electrons. The number of aliphatic hydroxyl groups excluding tert-OH is 1. The van der Waals surface area contributed by atoms with Crippen LogP contribution in [0.15, 0.2) is 22.7 Å². The minimum Gasteiger partial charge on any atom is -0.496 e. The molecule has 4 unspecified atom stereocenters. The monoisotopic (exact) mass is 342 g/mol. The molecule has 2 N–H and O–H groups in total. The van der Waals surface area contributed by atoms with Gasteiger partial charge >= 0.3 is 5.97 Å². The van der Waals surface area contributed by atoms with E-state index in [4.69, 9.17) is 4.74 Å². The summed E-state index contributed by atoms with van der Waals surface area (Å²) in [5, 5.41) is 20.0. The Morgan fingerprint density at radius 2 is 2.15 bits per heavy atom. The second kappa shape index (κ2) is 6.14. The number of hydrogen-bond donors (Lipinski definition) is 2. The molecule has 0 heterocycles. The first-order valence-electron chi connectivity index (χ1n) is 6.68. The summed E-state index contributed by atoms with van der Waals surface area (Å²) in [6.07, 6.45) is 0.509. The average molecular weight is 343 g/mol. The summed E-state index contributed by atoms with van der Waals surface area (Å²) in [7, 11) is 1.55. The zero-order valence-corrected chi connectivity index (χ0v) is 13.1. The van der Waals surface area contributed by atoms with Crippen LogP contribution in [0.2, 0.25) is 0 Å². The van der Waals surface area contributed by atoms with Gasteiger partial charge in [-0.2, -0.15) is 0 Å². The van der Waals surface area contributed by atoms with Gasteiger partial charge in [0.1, 0.15) is 5.75 Å². The van der Waals surface area contributed by atoms with Crippen molar-refractivity contribution < 1.29 is 19.7 Å². The van der Waals surface area contributed by atoms with Gasteiger partial charge in [-0.15, -0.1) is 0 Å². The third-order valence-electron chi connectivity index (χ3n) is 4.08. The highest BCUT2D eigenvalue weighted by Crippen LogP contribution is 2.45. The smallest absolute Gasteiger partial charge is 0.306 e. The standard InChI is InChI=1S/C15H19BrO4/c1-8-5-10(11(6-8)15(18)19)14(17)12-7-9(16)3-4-13(12)20-2/h3-4,7-8,10-11,14,17H,5-6H2,1-2H3,(H,18,19). The van der Waals surface area contributed by atoms with E-state index in [1.165, 1.54) is 0 Å². The van der Waals surface area contributed by atoms with Crippen molar-refractivity contribution in [1.82, 2.24) is 0 Å². The first-order chi connectivity index (χ1) is 9.43. The van der Waals surface area contributed by atoms with Gasteiger partial charge in [0.05, 0.1) is 19.1 Å². The maximum atomic E-state index is 11.4. The molecule has 0 spiro atoms. The van der Waals surface area contributed by atoms with Crippen LogP contribution in [0.3, 0.4) is 0 Å². The van der Waals surface area contributed by atoms with Crippen molar-refractivity contribution in [2.75, 3.05) is 7.11 Å². The lowest BCUT2D eigenvalue weighted by molar-refractivity contribution is -0.144. The molecule has 1 aliphatic carbocycles. The molecule has 20 heavy (non-hydrogen) atoms. The molecule has 0 saturated heterocycles. The van der Waals surface area contributed by atoms with Crippen LogP contribution in [-0.2, 0) is 4.79 Å². The minimum absolute atomic E-state index is 0.273. The van der Waals surface area contributed by atoms with Crippen molar-refractivity contribution in [3.8, 4) is 5.75 Å². The molecule has 1 aromatic carbocycles. The Hall–Kier alpha value is -1.07. The van der Waals surface area contributed by atoms with E-state index in [1.54, 1.807) is 19.2 Å². The number of benzene rings is 1. The molecule has 4 nitrogen and oxygen atoms in total. The van der Waals surface area contributed by atoms with Gasteiger partial charge in [-0.25, -0.2) is 0 Å². The maximum Gasteiger partial charge on any atom is 0.306 e. The number of aliphatic hydroxyl groups is 1. The predicted octanol–water partition coefficient (Wildman–Crippen LogP) is 3.24. The third-order valence-corrected chi connectivity index (χ3v) is 4.57. The van der Waals surface area contributed by atoms with Gasteiger partial charge in [0.2, 0.25) is 0 Å². The van der Waals surface area contributed by atoms with Crippen LogP contribution < -0.4 is 4.74 Å². The molecule has 1 aromatic rings. The Morgan fingerprint density at radius 3 is 2.75 bits per heavy atom. The van der Waals surface area contributed by atoms with Crippen LogP contribution in [0.5, 0.6) is 5.75 Å². The van der Waals surface area contributed by atoms with E-state index in [0.29, 0.717) is 30.1 Å². The van der Waals surface area contributed by atoms with Gasteiger partial charge in [0.25, 0.3) is 0 Å². The molecule has 0 radical (unpaired) electrons. The Kier molecular flexibility index (Phi) is 4.70. The van der Waals surface area contributed by atoms with E-state index in [0.717, 1.165) is 4.47 Å². The number of rotatable bonds is 4. The summed E-state index contributed by atoms with van der Waals surface area (Å²) in [5.74, 6) is -0.694. The van der Waals surface area contributed by atoms with Gasteiger partial charge in [-0.05, 0) is 37.0 Å². The van der Waals surface area contributed by atoms with Crippen LogP contribution in [-0.4, -0.2) is 23.3 Å². The number of halogens is 1. The minimum atomic E-state index is -0.827. The molecule has 1 aliphatic rings. The number of carbonyl (C=O) groups is 1. The van der Waals surface area contributed by atoms with Crippen LogP contribution in [0.4, 0.5) is 0 Å². The van der Waals surface area contributed by atoms with E-state index >= 15 is 0 Å². The summed E-state index contributed by atoms with van der Waals surface area (Å²) in [6.45, 7) is 2.03. The lowest BCUT2D eigenvalue weighted by Crippen LogP contribution is -2.24. The quantitative estimate of drug-likeness (QED) is 0.881. The second-order valence-electron chi connectivity index (χ2n) is 5.52. The zero-order chi connectivity index (χ0) is 14.9. The molecule has 0 amide bonds. The highest BCUT2D eigenvalue weighted by atomic mass is 79.9. The third kappa shape index (κ3) is 2.99. The summed E-state index contributed by atoms with van der Waals surface area (Å²) >= 11 is 3.38. The summed E-state index contributed by atoms with van der Waals surface area (Å²) in [5.41, 5.74) is 0.646. The molecule has 1 fully saturated rings. The van der Waals surface area contributed by atoms with E-state index in [2.05, 4.69) is 15.9 Å². The fraction of sp³-hybridized carbons (Fsp3) is 0.533. The van der Waals surface area contributed by atoms with Crippen molar-refractivity contribution >= 4 is 21.9 Å². The summed E-state index contributed by atoms with van der Waals surface area (Å²) in [6, 6.07) is 5.41. The number of carboxylic acid groups (broad SMARTS) is 1. The lowest BCUT2D eigenvalue weighted by atomic mass is 9.86. The molecule has 4 atom stereocenters. The Labute approximate surface area is 126 Å². The summed E-state index contributed by atoms with van der Waals surface area (Å²) < 4.78 is 6.11. The lowest BCUT2D eigenvalue weighted by Gasteiger charge is -2.24. The number of carboxylic acids is 1. The van der Waals surface area contributed by atoms with Gasteiger partial charge in [0, 0.05) is 16.0 Å². The molecule has 0 bridgehead atoms. The van der Waals surface area contributed by atoms with Gasteiger partial charge in [0.15, 0.2) is 0 Å². The SMILES string of the molecule is COc1ccc(Br)cc1C(O)C1CC(C)CC1C(=O)O. The van der Waals surface area contributed by atoms with Gasteiger partial charge < -0.3 is 14.9 Å². The van der Waals surface area contributed by atoms with E-state index in [1.807, 2.05) is 13.0 Å². The molecule has 5 heteroatoms. The number of ether oxygens (including phenoxy) is 1. The van der Waals surface area contributed by atoms with E-state index in [-0.39, 0.29) is 5.92 Å². The number of aliphatic carboxylic acids is 1. The Bertz CT molecular complexity index is 503. The highest BCUT2D eigenvalue weighted by Gasteiger charge is 2.42. The van der Waals surface area contributed by atoms with E-state index in [9.17, 15) is 15.0 Å². The fourth-order valence-electron chi connectivity index (χ4n) is 3.13. The Balaban J connectivity index is 2.32.